The maximum Gasteiger partial charge on any atom is 0.258 e. The van der Waals surface area contributed by atoms with Gasteiger partial charge in [-0.25, -0.2) is 4.98 Å². The lowest BCUT2D eigenvalue weighted by Crippen LogP contribution is -2.37. The summed E-state index contributed by atoms with van der Waals surface area (Å²) >= 11 is 0. The van der Waals surface area contributed by atoms with Gasteiger partial charge in [-0.05, 0) is 62.1 Å². The van der Waals surface area contributed by atoms with Gasteiger partial charge in [0.1, 0.15) is 6.61 Å². The van der Waals surface area contributed by atoms with Crippen molar-refractivity contribution in [1.82, 2.24) is 9.55 Å². The molecule has 0 aliphatic carbocycles. The maximum atomic E-state index is 13.3. The fourth-order valence-corrected chi connectivity index (χ4v) is 4.71. The largest absolute Gasteiger partial charge is 0.493 e. The second-order valence-corrected chi connectivity index (χ2v) is 8.36. The first-order valence-corrected chi connectivity index (χ1v) is 9.84. The summed E-state index contributed by atoms with van der Waals surface area (Å²) in [7, 11) is 0. The number of allylic oxidation sites excluding steroid dienone is 1. The van der Waals surface area contributed by atoms with Crippen LogP contribution in [0.2, 0.25) is 0 Å². The third-order valence-electron chi connectivity index (χ3n) is 6.64. The molecule has 0 saturated carbocycles. The number of aryl methyl sites for hydroxylation is 2. The van der Waals surface area contributed by atoms with Crippen LogP contribution in [-0.4, -0.2) is 9.55 Å². The topological polar surface area (TPSA) is 44.1 Å². The fraction of sp³-hybridized carbons (Fsp3) is 0.333. The summed E-state index contributed by atoms with van der Waals surface area (Å²) in [6, 6.07) is 8.65. The van der Waals surface area contributed by atoms with Crippen molar-refractivity contribution in [2.45, 2.75) is 52.7 Å². The molecule has 4 nitrogen and oxygen atoms in total. The third kappa shape index (κ3) is 2.12. The molecule has 2 aliphatic heterocycles. The van der Waals surface area contributed by atoms with E-state index >= 15 is 0 Å². The van der Waals surface area contributed by atoms with Gasteiger partial charge in [0.05, 0.1) is 34.8 Å². The number of benzene rings is 1. The molecule has 0 amide bonds. The van der Waals surface area contributed by atoms with Crippen LogP contribution in [0, 0.1) is 13.8 Å². The van der Waals surface area contributed by atoms with E-state index in [-0.39, 0.29) is 11.0 Å². The van der Waals surface area contributed by atoms with Gasteiger partial charge >= 0.3 is 0 Å². The molecule has 142 valence electrons. The Kier molecular flexibility index (Phi) is 3.43. The number of pyridine rings is 2. The second kappa shape index (κ2) is 5.57. The van der Waals surface area contributed by atoms with Crippen LogP contribution in [0.25, 0.3) is 22.3 Å². The Labute approximate surface area is 164 Å². The van der Waals surface area contributed by atoms with Gasteiger partial charge in [0.2, 0.25) is 0 Å². The molecule has 1 aromatic carbocycles. The summed E-state index contributed by atoms with van der Waals surface area (Å²) < 4.78 is 7.65. The SMILES string of the molecule is C=C1OCc2c(cc3n(c2=O)Cc2cc4c(C)cc(C)cc4nc2-3)[C@@]1(C)CC. The zero-order chi connectivity index (χ0) is 19.8. The normalized spacial score (nSPS) is 19.9. The van der Waals surface area contributed by atoms with Crippen LogP contribution >= 0.6 is 0 Å². The minimum Gasteiger partial charge on any atom is -0.493 e. The molecule has 2 aliphatic rings. The molecule has 0 saturated heterocycles. The number of fused-ring (bicyclic) bond motifs is 5. The molecule has 0 radical (unpaired) electrons. The minimum atomic E-state index is -0.352. The molecule has 3 aromatic rings. The Morgan fingerprint density at radius 2 is 2.04 bits per heavy atom. The van der Waals surface area contributed by atoms with Crippen LogP contribution in [0.15, 0.2) is 41.4 Å². The smallest absolute Gasteiger partial charge is 0.258 e. The number of ether oxygens (including phenoxy) is 1. The Balaban J connectivity index is 1.81. The van der Waals surface area contributed by atoms with Gasteiger partial charge in [0.15, 0.2) is 0 Å². The van der Waals surface area contributed by atoms with E-state index in [9.17, 15) is 4.79 Å². The van der Waals surface area contributed by atoms with Gasteiger partial charge in [0.25, 0.3) is 5.56 Å². The first-order valence-electron chi connectivity index (χ1n) is 9.84. The Bertz CT molecular complexity index is 1250. The minimum absolute atomic E-state index is 0.0367. The highest BCUT2D eigenvalue weighted by Crippen LogP contribution is 2.43. The molecule has 28 heavy (non-hydrogen) atoms. The van der Waals surface area contributed by atoms with E-state index in [2.05, 4.69) is 58.5 Å². The summed E-state index contributed by atoms with van der Waals surface area (Å²) in [5, 5.41) is 1.16. The first-order chi connectivity index (χ1) is 13.3. The van der Waals surface area contributed by atoms with E-state index in [0.717, 1.165) is 51.2 Å². The predicted octanol–water partition coefficient (Wildman–Crippen LogP) is 4.75. The Hall–Kier alpha value is -2.88. The quantitative estimate of drug-likeness (QED) is 0.484. The summed E-state index contributed by atoms with van der Waals surface area (Å²) in [4.78, 5) is 18.3. The van der Waals surface area contributed by atoms with Crippen LogP contribution in [0.1, 0.15) is 48.1 Å². The van der Waals surface area contributed by atoms with Crippen LogP contribution in [-0.2, 0) is 23.3 Å². The molecule has 4 heteroatoms. The highest BCUT2D eigenvalue weighted by Gasteiger charge is 2.39. The number of nitrogens with zero attached hydrogens (tertiary/aromatic N) is 2. The van der Waals surface area contributed by atoms with Gasteiger partial charge in [-0.15, -0.1) is 0 Å². The van der Waals surface area contributed by atoms with E-state index in [4.69, 9.17) is 9.72 Å². The highest BCUT2D eigenvalue weighted by atomic mass is 16.5. The Morgan fingerprint density at radius 1 is 1.25 bits per heavy atom. The lowest BCUT2D eigenvalue weighted by Gasteiger charge is -2.37. The van der Waals surface area contributed by atoms with E-state index in [0.29, 0.717) is 13.2 Å². The second-order valence-electron chi connectivity index (χ2n) is 8.36. The summed E-state index contributed by atoms with van der Waals surface area (Å²) in [5.41, 5.74) is 7.83. The van der Waals surface area contributed by atoms with Gasteiger partial charge < -0.3 is 9.30 Å². The summed E-state index contributed by atoms with van der Waals surface area (Å²) in [5.74, 6) is 0.739. The van der Waals surface area contributed by atoms with Crippen LogP contribution in [0.4, 0.5) is 0 Å². The number of hydrogen-bond acceptors (Lipinski definition) is 3. The van der Waals surface area contributed by atoms with Gasteiger partial charge in [-0.1, -0.05) is 19.6 Å². The average Bonchev–Trinajstić information content (AvgIpc) is 3.02. The van der Waals surface area contributed by atoms with Crippen molar-refractivity contribution in [3.8, 4) is 11.4 Å². The molecule has 0 bridgehead atoms. The number of hydrogen-bond donors (Lipinski definition) is 0. The Morgan fingerprint density at radius 3 is 2.79 bits per heavy atom. The van der Waals surface area contributed by atoms with E-state index in [1.807, 2.05) is 4.57 Å². The van der Waals surface area contributed by atoms with Gasteiger partial charge in [-0.3, -0.25) is 4.79 Å². The molecule has 0 N–H and O–H groups in total. The van der Waals surface area contributed by atoms with E-state index in [1.54, 1.807) is 0 Å². The number of rotatable bonds is 1. The molecular formula is C24H24N2O2. The molecule has 1 atom stereocenters. The van der Waals surface area contributed by atoms with Gasteiger partial charge in [-0.2, -0.15) is 0 Å². The lowest BCUT2D eigenvalue weighted by atomic mass is 9.75. The molecule has 2 aromatic heterocycles. The predicted molar refractivity (Wildman–Crippen MR) is 112 cm³/mol. The zero-order valence-electron chi connectivity index (χ0n) is 16.8. The lowest BCUT2D eigenvalue weighted by molar-refractivity contribution is 0.132. The van der Waals surface area contributed by atoms with Crippen LogP contribution in [0.5, 0.6) is 0 Å². The molecule has 5 rings (SSSR count). The van der Waals surface area contributed by atoms with Crippen molar-refractivity contribution >= 4 is 10.9 Å². The van der Waals surface area contributed by atoms with Crippen molar-refractivity contribution in [2.75, 3.05) is 0 Å². The molecular weight excluding hydrogens is 348 g/mol. The number of aromatic nitrogens is 2. The first kappa shape index (κ1) is 17.2. The van der Waals surface area contributed by atoms with Crippen molar-refractivity contribution < 1.29 is 4.74 Å². The zero-order valence-corrected chi connectivity index (χ0v) is 16.8. The van der Waals surface area contributed by atoms with Crippen molar-refractivity contribution in [3.05, 3.63) is 74.8 Å². The molecule has 0 fully saturated rings. The molecule has 0 spiro atoms. The average molecular weight is 372 g/mol. The van der Waals surface area contributed by atoms with E-state index in [1.165, 1.54) is 11.1 Å². The van der Waals surface area contributed by atoms with Crippen molar-refractivity contribution in [1.29, 1.82) is 0 Å². The molecule has 0 unspecified atom stereocenters. The highest BCUT2D eigenvalue weighted by molar-refractivity contribution is 5.87. The van der Waals surface area contributed by atoms with Gasteiger partial charge in [0, 0.05) is 16.4 Å². The molecule has 4 heterocycles. The van der Waals surface area contributed by atoms with Crippen molar-refractivity contribution in [2.24, 2.45) is 0 Å². The van der Waals surface area contributed by atoms with Crippen molar-refractivity contribution in [3.63, 3.8) is 0 Å². The van der Waals surface area contributed by atoms with Crippen LogP contribution < -0.4 is 5.56 Å². The third-order valence-corrected chi connectivity index (χ3v) is 6.64. The fourth-order valence-electron chi connectivity index (χ4n) is 4.71. The van der Waals surface area contributed by atoms with E-state index < -0.39 is 0 Å². The standard InChI is InChI=1S/C24H24N2O2/c1-6-24(5)15(4)28-12-18-19(24)10-21-22-16(11-26(21)23(18)27)9-17-14(3)7-13(2)8-20(17)25-22/h7-10H,4,6,11-12H2,1-3,5H3/t24-/m0/s1. The summed E-state index contributed by atoms with van der Waals surface area (Å²) in [6.07, 6.45) is 0.831. The maximum absolute atomic E-state index is 13.3. The summed E-state index contributed by atoms with van der Waals surface area (Å²) in [6.45, 7) is 13.4. The van der Waals surface area contributed by atoms with Crippen LogP contribution in [0.3, 0.4) is 0 Å². The monoisotopic (exact) mass is 372 g/mol.